The molecule has 0 nitrogen and oxygen atoms in total. The molecule has 8 aromatic carbocycles. The Kier molecular flexibility index (Phi) is 33.7. The van der Waals surface area contributed by atoms with Crippen molar-refractivity contribution in [3.63, 3.8) is 0 Å². The Morgan fingerprint density at radius 1 is 0.318 bits per heavy atom. The molecular formula is C59H65BrCl2F4. The minimum absolute atomic E-state index is 0.0810. The van der Waals surface area contributed by atoms with E-state index >= 15 is 0 Å². The predicted octanol–water partition coefficient (Wildman–Crippen LogP) is 19.9. The summed E-state index contributed by atoms with van der Waals surface area (Å²) >= 11 is 14.5. The van der Waals surface area contributed by atoms with Crippen LogP contribution in [-0.2, 0) is 0 Å². The molecule has 0 saturated heterocycles. The number of hydrogen-bond acceptors (Lipinski definition) is 0. The number of rotatable bonds is 0. The second-order valence-electron chi connectivity index (χ2n) is 14.3. The van der Waals surface area contributed by atoms with Crippen LogP contribution in [0.2, 0.25) is 10.0 Å². The van der Waals surface area contributed by atoms with E-state index in [2.05, 4.69) is 106 Å². The van der Waals surface area contributed by atoms with E-state index in [9.17, 15) is 17.6 Å². The zero-order valence-corrected chi connectivity index (χ0v) is 43.2. The largest absolute Gasteiger partial charge is 0.207 e. The number of benzene rings is 8. The van der Waals surface area contributed by atoms with Crippen LogP contribution in [0.5, 0.6) is 0 Å². The van der Waals surface area contributed by atoms with Crippen LogP contribution < -0.4 is 0 Å². The molecule has 0 amide bonds. The standard InChI is InChI=1S/C9H12.C8H10.C7H7Br.C7H7Cl.C7H6F2.C7H7F.C6H4ClF.C6H6.C2H6/c1-7-5-4-6-8(2)9(7)3;1-7-5-3-4-6-8(7)2;2*1-6-4-2-3-5-7(6)8;1-5-6(8)3-2-4-7(5)9;1-6-4-2-3-5-7(6)8;7-5-2-1-3-6(8)4-5;1-2-4-6-5-3-1;1-2/h4-6H,1-3H3;3-6H,1-2H3;2*2-5H,1H3;2-4H,1H3;2-5H,1H3;1-4H;1-6H;1-2H3. The fourth-order valence-corrected chi connectivity index (χ4v) is 5.24. The van der Waals surface area contributed by atoms with Crippen LogP contribution in [0.4, 0.5) is 17.6 Å². The average molecular weight is 1000 g/mol. The molecule has 0 radical (unpaired) electrons. The van der Waals surface area contributed by atoms with Crippen LogP contribution in [0.3, 0.4) is 0 Å². The maximum atomic E-state index is 12.3. The third-order valence-corrected chi connectivity index (χ3v) is 10.7. The van der Waals surface area contributed by atoms with Gasteiger partial charge in [0.05, 0.1) is 0 Å². The normalized spacial score (nSPS) is 9.06. The third kappa shape index (κ3) is 28.4. The topological polar surface area (TPSA) is 0 Å². The molecule has 8 aromatic rings. The molecule has 0 heterocycles. The van der Waals surface area contributed by atoms with Crippen LogP contribution >= 0.6 is 39.1 Å². The van der Waals surface area contributed by atoms with Crippen molar-refractivity contribution in [1.82, 2.24) is 0 Å². The molecule has 0 aliphatic rings. The maximum absolute atomic E-state index is 12.3. The molecule has 0 saturated carbocycles. The van der Waals surface area contributed by atoms with Gasteiger partial charge in [-0.3, -0.25) is 0 Å². The molecule has 350 valence electrons. The van der Waals surface area contributed by atoms with Crippen molar-refractivity contribution in [2.24, 2.45) is 0 Å². The van der Waals surface area contributed by atoms with Crippen molar-refractivity contribution in [1.29, 1.82) is 0 Å². The Balaban J connectivity index is 0.000000729. The molecule has 0 unspecified atom stereocenters. The van der Waals surface area contributed by atoms with Crippen LogP contribution in [0.1, 0.15) is 63.9 Å². The minimum Gasteiger partial charge on any atom is -0.207 e. The van der Waals surface area contributed by atoms with Gasteiger partial charge in [-0.2, -0.15) is 0 Å². The highest BCUT2D eigenvalue weighted by Crippen LogP contribution is 2.14. The van der Waals surface area contributed by atoms with Crippen molar-refractivity contribution in [2.75, 3.05) is 0 Å². The van der Waals surface area contributed by atoms with Crippen LogP contribution in [-0.4, -0.2) is 0 Å². The Morgan fingerprint density at radius 2 is 0.667 bits per heavy atom. The van der Waals surface area contributed by atoms with Gasteiger partial charge in [0, 0.05) is 20.1 Å². The van der Waals surface area contributed by atoms with Gasteiger partial charge in [-0.15, -0.1) is 0 Å². The molecule has 0 bridgehead atoms. The lowest BCUT2D eigenvalue weighted by molar-refractivity contribution is 0.568. The predicted molar refractivity (Wildman–Crippen MR) is 283 cm³/mol. The SMILES string of the molecule is CC.Cc1c(F)cccc1F.Cc1cccc(C)c1C.Cc1ccccc1Br.Cc1ccccc1C.Cc1ccccc1Cl.Cc1ccccc1F.Fc1cccc(Cl)c1.c1ccccc1. The first-order chi connectivity index (χ1) is 31.4. The van der Waals surface area contributed by atoms with E-state index in [0.29, 0.717) is 10.6 Å². The molecule has 7 heteroatoms. The Morgan fingerprint density at radius 3 is 0.939 bits per heavy atom. The van der Waals surface area contributed by atoms with Gasteiger partial charge in [0.2, 0.25) is 0 Å². The highest BCUT2D eigenvalue weighted by atomic mass is 79.9. The van der Waals surface area contributed by atoms with Crippen LogP contribution in [0, 0.1) is 85.6 Å². The zero-order valence-electron chi connectivity index (χ0n) is 40.1. The molecule has 8 rings (SSSR count). The third-order valence-electron chi connectivity index (χ3n) is 9.19. The second-order valence-corrected chi connectivity index (χ2v) is 16.0. The van der Waals surface area contributed by atoms with Crippen LogP contribution in [0.15, 0.2) is 199 Å². The fourth-order valence-electron chi connectivity index (χ4n) is 4.64. The van der Waals surface area contributed by atoms with Gasteiger partial charge >= 0.3 is 0 Å². The summed E-state index contributed by atoms with van der Waals surface area (Å²) < 4.78 is 50.3. The molecule has 0 spiro atoms. The van der Waals surface area contributed by atoms with Crippen molar-refractivity contribution in [3.05, 3.63) is 282 Å². The van der Waals surface area contributed by atoms with Gasteiger partial charge in [0.15, 0.2) is 0 Å². The number of hydrogen-bond donors (Lipinski definition) is 0. The first kappa shape index (κ1) is 60.5. The summed E-state index contributed by atoms with van der Waals surface area (Å²) in [7, 11) is 0. The van der Waals surface area contributed by atoms with Gasteiger partial charge in [-0.25, -0.2) is 17.6 Å². The first-order valence-corrected chi connectivity index (χ1v) is 23.0. The maximum Gasteiger partial charge on any atom is 0.129 e. The van der Waals surface area contributed by atoms with Gasteiger partial charge in [-0.1, -0.05) is 199 Å². The Labute approximate surface area is 412 Å². The Bertz CT molecular complexity index is 2100. The quantitative estimate of drug-likeness (QED) is 0.133. The summed E-state index contributed by atoms with van der Waals surface area (Å²) in [5.74, 6) is -1.41. The summed E-state index contributed by atoms with van der Waals surface area (Å²) in [5.41, 5.74) is 10.1. The van der Waals surface area contributed by atoms with Crippen molar-refractivity contribution in [2.45, 2.75) is 76.2 Å². The molecule has 66 heavy (non-hydrogen) atoms. The van der Waals surface area contributed by atoms with E-state index in [1.165, 1.54) is 81.2 Å². The summed E-state index contributed by atoms with van der Waals surface area (Å²) in [4.78, 5) is 0. The molecular weight excluding hydrogens is 935 g/mol. The fraction of sp³-hybridized carbons (Fsp3) is 0.186. The van der Waals surface area contributed by atoms with Gasteiger partial charge in [0.1, 0.15) is 23.3 Å². The van der Waals surface area contributed by atoms with E-state index in [0.717, 1.165) is 10.6 Å². The summed E-state index contributed by atoms with van der Waals surface area (Å²) in [6.07, 6.45) is 0. The van der Waals surface area contributed by atoms with Gasteiger partial charge < -0.3 is 0 Å². The lowest BCUT2D eigenvalue weighted by Crippen LogP contribution is -1.85. The molecule has 0 N–H and O–H groups in total. The van der Waals surface area contributed by atoms with Gasteiger partial charge in [-0.05, 0) is 155 Å². The smallest absolute Gasteiger partial charge is 0.129 e. The van der Waals surface area contributed by atoms with Gasteiger partial charge in [0.25, 0.3) is 0 Å². The lowest BCUT2D eigenvalue weighted by atomic mass is 10.1. The van der Waals surface area contributed by atoms with Crippen molar-refractivity contribution >= 4 is 39.1 Å². The highest BCUT2D eigenvalue weighted by molar-refractivity contribution is 9.10. The summed E-state index contributed by atoms with van der Waals surface area (Å²) in [6, 6.07) is 59.0. The molecule has 0 atom stereocenters. The monoisotopic (exact) mass is 998 g/mol. The summed E-state index contributed by atoms with van der Waals surface area (Å²) in [5, 5.41) is 1.28. The highest BCUT2D eigenvalue weighted by Gasteiger charge is 1.99. The van der Waals surface area contributed by atoms with E-state index in [1.54, 1.807) is 31.2 Å². The molecule has 0 aliphatic heterocycles. The van der Waals surface area contributed by atoms with E-state index in [1.807, 2.05) is 106 Å². The summed E-state index contributed by atoms with van der Waals surface area (Å²) in [6.45, 7) is 21.9. The molecule has 0 aromatic heterocycles. The number of aryl methyl sites for hydroxylation is 7. The molecule has 0 aliphatic carbocycles. The lowest BCUT2D eigenvalue weighted by Gasteiger charge is -2.00. The van der Waals surface area contributed by atoms with E-state index in [-0.39, 0.29) is 17.2 Å². The van der Waals surface area contributed by atoms with Crippen molar-refractivity contribution < 1.29 is 17.6 Å². The first-order valence-electron chi connectivity index (χ1n) is 21.4. The zero-order chi connectivity index (χ0) is 49.9. The van der Waals surface area contributed by atoms with Crippen LogP contribution in [0.25, 0.3) is 0 Å². The molecule has 0 fully saturated rings. The average Bonchev–Trinajstić information content (AvgIpc) is 3.31. The van der Waals surface area contributed by atoms with E-state index in [4.69, 9.17) is 23.2 Å². The number of halogens is 7. The second kappa shape index (κ2) is 36.7. The van der Waals surface area contributed by atoms with Crippen molar-refractivity contribution in [3.8, 4) is 0 Å². The van der Waals surface area contributed by atoms with E-state index < -0.39 is 11.6 Å². The minimum atomic E-state index is -0.491. The Hall–Kier alpha value is -5.46.